The number of carbonyl (C=O) groups is 1. The van der Waals surface area contributed by atoms with E-state index in [4.69, 9.17) is 9.47 Å². The Morgan fingerprint density at radius 2 is 1.25 bits per heavy atom. The van der Waals surface area contributed by atoms with Crippen molar-refractivity contribution in [2.45, 2.75) is 36.6 Å². The quantitative estimate of drug-likeness (QED) is 0.778. The minimum atomic E-state index is -0.0823. The predicted molar refractivity (Wildman–Crippen MR) is 110 cm³/mol. The van der Waals surface area contributed by atoms with Gasteiger partial charge in [0.25, 0.3) is 0 Å². The number of nitrogens with zero attached hydrogens (tertiary/aromatic N) is 1. The molecule has 2 unspecified atom stereocenters. The van der Waals surface area contributed by atoms with Crippen LogP contribution >= 0.6 is 0 Å². The molecule has 5 rings (SSSR count). The van der Waals surface area contributed by atoms with E-state index in [0.717, 1.165) is 24.3 Å². The van der Waals surface area contributed by atoms with Gasteiger partial charge in [-0.3, -0.25) is 4.79 Å². The van der Waals surface area contributed by atoms with Crippen LogP contribution in [0.25, 0.3) is 0 Å². The highest BCUT2D eigenvalue weighted by atomic mass is 16.5. The molecule has 3 fully saturated rings. The lowest BCUT2D eigenvalue weighted by atomic mass is 9.52. The highest BCUT2D eigenvalue weighted by molar-refractivity contribution is 5.86. The van der Waals surface area contributed by atoms with Gasteiger partial charge in [-0.2, -0.15) is 0 Å². The second kappa shape index (κ2) is 7.25. The van der Waals surface area contributed by atoms with Crippen molar-refractivity contribution in [2.75, 3.05) is 28.3 Å². The van der Waals surface area contributed by atoms with Crippen molar-refractivity contribution in [3.05, 3.63) is 59.7 Å². The first-order valence-electron chi connectivity index (χ1n) is 9.95. The molecule has 0 amide bonds. The van der Waals surface area contributed by atoms with Crippen molar-refractivity contribution in [1.29, 1.82) is 0 Å². The number of rotatable bonds is 5. The van der Waals surface area contributed by atoms with Crippen LogP contribution in [-0.4, -0.2) is 44.5 Å². The Morgan fingerprint density at radius 3 is 1.61 bits per heavy atom. The maximum atomic E-state index is 13.3. The zero-order chi connectivity index (χ0) is 19.9. The van der Waals surface area contributed by atoms with Crippen LogP contribution < -0.4 is 9.47 Å². The third-order valence-electron chi connectivity index (χ3n) is 6.98. The zero-order valence-corrected chi connectivity index (χ0v) is 17.1. The van der Waals surface area contributed by atoms with Gasteiger partial charge in [0.1, 0.15) is 17.3 Å². The molecule has 148 valence electrons. The molecule has 0 aliphatic heterocycles. The smallest absolute Gasteiger partial charge is 0.139 e. The molecule has 2 aromatic rings. The summed E-state index contributed by atoms with van der Waals surface area (Å²) in [7, 11) is 7.61. The molecular formula is C24H29NO3. The summed E-state index contributed by atoms with van der Waals surface area (Å²) in [6.07, 6.45) is 2.70. The van der Waals surface area contributed by atoms with Crippen LogP contribution in [0.15, 0.2) is 48.5 Å². The van der Waals surface area contributed by atoms with Crippen LogP contribution in [0.4, 0.5) is 0 Å². The van der Waals surface area contributed by atoms with Gasteiger partial charge in [0.15, 0.2) is 0 Å². The molecule has 4 heteroatoms. The van der Waals surface area contributed by atoms with Crippen LogP contribution in [0.5, 0.6) is 11.5 Å². The van der Waals surface area contributed by atoms with Crippen molar-refractivity contribution in [3.8, 4) is 11.5 Å². The first-order chi connectivity index (χ1) is 13.5. The maximum absolute atomic E-state index is 13.3. The molecular weight excluding hydrogens is 350 g/mol. The number of ketones is 1. The van der Waals surface area contributed by atoms with E-state index in [1.54, 1.807) is 14.2 Å². The average molecular weight is 380 g/mol. The molecule has 0 saturated heterocycles. The fourth-order valence-electron chi connectivity index (χ4n) is 5.35. The van der Waals surface area contributed by atoms with E-state index >= 15 is 0 Å². The molecule has 0 aromatic heterocycles. The molecule has 2 bridgehead atoms. The van der Waals surface area contributed by atoms with Crippen LogP contribution in [0.1, 0.15) is 42.2 Å². The van der Waals surface area contributed by atoms with Crippen LogP contribution in [0, 0.1) is 5.92 Å². The van der Waals surface area contributed by atoms with Gasteiger partial charge < -0.3 is 14.4 Å². The number of ether oxygens (including phenoxy) is 2. The van der Waals surface area contributed by atoms with Crippen LogP contribution in [0.2, 0.25) is 0 Å². The van der Waals surface area contributed by atoms with Gasteiger partial charge in [-0.1, -0.05) is 24.3 Å². The van der Waals surface area contributed by atoms with E-state index < -0.39 is 0 Å². The zero-order valence-electron chi connectivity index (χ0n) is 17.1. The van der Waals surface area contributed by atoms with Crippen molar-refractivity contribution < 1.29 is 14.3 Å². The maximum Gasteiger partial charge on any atom is 0.139 e. The van der Waals surface area contributed by atoms with E-state index in [9.17, 15) is 4.79 Å². The molecule has 0 spiro atoms. The number of fused-ring (bicyclic) bond motifs is 3. The molecule has 4 nitrogen and oxygen atoms in total. The fourth-order valence-corrected chi connectivity index (χ4v) is 5.35. The van der Waals surface area contributed by atoms with Crippen molar-refractivity contribution in [2.24, 2.45) is 5.92 Å². The Balaban J connectivity index is 1.75. The van der Waals surface area contributed by atoms with Gasteiger partial charge in [0.2, 0.25) is 0 Å². The minimum absolute atomic E-state index is 0.0311. The lowest BCUT2D eigenvalue weighted by molar-refractivity contribution is -0.138. The third-order valence-corrected chi connectivity index (χ3v) is 6.98. The van der Waals surface area contributed by atoms with E-state index in [2.05, 4.69) is 43.3 Å². The largest absolute Gasteiger partial charge is 0.497 e. The van der Waals surface area contributed by atoms with Gasteiger partial charge in [0.05, 0.1) is 14.2 Å². The van der Waals surface area contributed by atoms with E-state index in [-0.39, 0.29) is 23.3 Å². The Kier molecular flexibility index (Phi) is 4.92. The summed E-state index contributed by atoms with van der Waals surface area (Å²) in [6, 6.07) is 16.6. The summed E-state index contributed by atoms with van der Waals surface area (Å²) in [5.74, 6) is 2.59. The lowest BCUT2D eigenvalue weighted by Crippen LogP contribution is -2.59. The first kappa shape index (κ1) is 19.0. The molecule has 0 N–H and O–H groups in total. The molecule has 3 saturated carbocycles. The SMILES string of the molecule is COc1ccc(C2CC3(N(C)C)CC(=O)C2C(c2ccc(OC)cc2)C3)cc1. The van der Waals surface area contributed by atoms with E-state index in [0.29, 0.717) is 12.2 Å². The highest BCUT2D eigenvalue weighted by Gasteiger charge is 2.56. The van der Waals surface area contributed by atoms with Gasteiger partial charge in [-0.15, -0.1) is 0 Å². The summed E-state index contributed by atoms with van der Waals surface area (Å²) in [5.41, 5.74) is 2.40. The Morgan fingerprint density at radius 1 is 0.821 bits per heavy atom. The normalized spacial score (nSPS) is 29.2. The summed E-state index contributed by atoms with van der Waals surface area (Å²) in [5, 5.41) is 0. The predicted octanol–water partition coefficient (Wildman–Crippen LogP) is 4.25. The Hall–Kier alpha value is -2.33. The first-order valence-corrected chi connectivity index (χ1v) is 9.95. The molecule has 3 aliphatic rings. The standard InChI is InChI=1S/C24H29NO3/c1-25(2)24-13-20(16-5-9-18(27-3)10-6-16)23(22(26)15-24)21(14-24)17-7-11-19(28-4)12-8-17/h5-12,20-21,23H,13-15H2,1-4H3. The number of hydrogen-bond acceptors (Lipinski definition) is 4. The van der Waals surface area contributed by atoms with E-state index in [1.807, 2.05) is 24.3 Å². The molecule has 3 aliphatic carbocycles. The van der Waals surface area contributed by atoms with Crippen LogP contribution in [0.3, 0.4) is 0 Å². The second-order valence-corrected chi connectivity index (χ2v) is 8.46. The third kappa shape index (κ3) is 3.10. The van der Waals surface area contributed by atoms with Gasteiger partial charge in [-0.05, 0) is 74.2 Å². The molecule has 2 atom stereocenters. The average Bonchev–Trinajstić information content (AvgIpc) is 2.73. The molecule has 2 aromatic carbocycles. The van der Waals surface area contributed by atoms with Crippen molar-refractivity contribution >= 4 is 5.78 Å². The Labute approximate surface area is 167 Å². The number of carbonyl (C=O) groups excluding carboxylic acids is 1. The number of methoxy groups -OCH3 is 2. The fraction of sp³-hybridized carbons (Fsp3) is 0.458. The highest BCUT2D eigenvalue weighted by Crippen LogP contribution is 2.58. The second-order valence-electron chi connectivity index (χ2n) is 8.46. The summed E-state index contributed by atoms with van der Waals surface area (Å²) >= 11 is 0. The number of hydrogen-bond donors (Lipinski definition) is 0. The summed E-state index contributed by atoms with van der Waals surface area (Å²) in [6.45, 7) is 0. The Bertz CT molecular complexity index is 784. The topological polar surface area (TPSA) is 38.8 Å². The summed E-state index contributed by atoms with van der Waals surface area (Å²) < 4.78 is 10.6. The van der Waals surface area contributed by atoms with Crippen molar-refractivity contribution in [1.82, 2.24) is 4.90 Å². The van der Waals surface area contributed by atoms with Crippen molar-refractivity contribution in [3.63, 3.8) is 0 Å². The number of Topliss-reactive ketones (excluding diaryl/α,β-unsaturated/α-hetero) is 1. The summed E-state index contributed by atoms with van der Waals surface area (Å²) in [4.78, 5) is 15.6. The van der Waals surface area contributed by atoms with Gasteiger partial charge in [0, 0.05) is 17.9 Å². The molecule has 28 heavy (non-hydrogen) atoms. The minimum Gasteiger partial charge on any atom is -0.497 e. The monoisotopic (exact) mass is 379 g/mol. The molecule has 0 radical (unpaired) electrons. The molecule has 0 heterocycles. The van der Waals surface area contributed by atoms with E-state index in [1.165, 1.54) is 11.1 Å². The van der Waals surface area contributed by atoms with Gasteiger partial charge in [-0.25, -0.2) is 0 Å². The van der Waals surface area contributed by atoms with Gasteiger partial charge >= 0.3 is 0 Å². The lowest BCUT2D eigenvalue weighted by Gasteiger charge is -2.56. The number of benzene rings is 2. The van der Waals surface area contributed by atoms with Crippen LogP contribution in [-0.2, 0) is 4.79 Å².